The highest BCUT2D eigenvalue weighted by Crippen LogP contribution is 2.23. The molecule has 4 heterocycles. The summed E-state index contributed by atoms with van der Waals surface area (Å²) >= 11 is 0. The van der Waals surface area contributed by atoms with Crippen molar-refractivity contribution in [1.82, 2.24) is 29.5 Å². The van der Waals surface area contributed by atoms with E-state index >= 15 is 0 Å². The lowest BCUT2D eigenvalue weighted by molar-refractivity contribution is 0.0992. The highest BCUT2D eigenvalue weighted by atomic mass is 19.1. The van der Waals surface area contributed by atoms with Crippen molar-refractivity contribution in [1.29, 1.82) is 0 Å². The Morgan fingerprint density at radius 1 is 1.15 bits per heavy atom. The third-order valence-corrected chi connectivity index (χ3v) is 3.54. The van der Waals surface area contributed by atoms with Crippen LogP contribution >= 0.6 is 0 Å². The fourth-order valence-corrected chi connectivity index (χ4v) is 2.45. The molecular weight excluding hydrogens is 339 g/mol. The minimum atomic E-state index is -0.635. The van der Waals surface area contributed by atoms with Crippen LogP contribution in [0, 0.1) is 5.95 Å². The zero-order valence-corrected chi connectivity index (χ0v) is 13.3. The van der Waals surface area contributed by atoms with E-state index in [4.69, 9.17) is 4.74 Å². The molecule has 0 aromatic carbocycles. The summed E-state index contributed by atoms with van der Waals surface area (Å²) in [6.07, 6.45) is 7.23. The number of fused-ring (bicyclic) bond motifs is 1. The molecule has 0 saturated heterocycles. The Kier molecular flexibility index (Phi) is 4.02. The van der Waals surface area contributed by atoms with E-state index in [0.717, 1.165) is 0 Å². The Morgan fingerprint density at radius 3 is 2.81 bits per heavy atom. The topological polar surface area (TPSA) is 95.2 Å². The number of halogens is 1. The van der Waals surface area contributed by atoms with Gasteiger partial charge in [-0.2, -0.15) is 9.49 Å². The second-order valence-corrected chi connectivity index (χ2v) is 5.35. The molecule has 0 saturated carbocycles. The summed E-state index contributed by atoms with van der Waals surface area (Å²) in [5.41, 5.74) is 1.00. The molecule has 26 heavy (non-hydrogen) atoms. The maximum Gasteiger partial charge on any atom is 0.213 e. The SMILES string of the molecule is O=C(Cc1cccc(F)n1)c1cc(Oc2cncnc2)cn2ncnc12. The second kappa shape index (κ2) is 6.63. The standard InChI is InChI=1S/C17H11FN6O2/c18-16-3-1-2-11(23-16)4-15(25)14-5-12(8-24-17(14)21-10-22-24)26-13-6-19-9-20-7-13/h1-3,5-10H,4H2. The molecule has 8 nitrogen and oxygen atoms in total. The van der Waals surface area contributed by atoms with Crippen molar-refractivity contribution >= 4 is 11.4 Å². The van der Waals surface area contributed by atoms with Gasteiger partial charge in [-0.05, 0) is 18.2 Å². The van der Waals surface area contributed by atoms with Gasteiger partial charge in [-0.3, -0.25) is 4.79 Å². The molecule has 128 valence electrons. The molecule has 0 aliphatic rings. The maximum atomic E-state index is 13.2. The average Bonchev–Trinajstić information content (AvgIpc) is 3.10. The van der Waals surface area contributed by atoms with Crippen molar-refractivity contribution in [3.63, 3.8) is 0 Å². The monoisotopic (exact) mass is 350 g/mol. The van der Waals surface area contributed by atoms with E-state index < -0.39 is 5.95 Å². The predicted octanol–water partition coefficient (Wildman–Crippen LogP) is 2.27. The molecular formula is C17H11FN6O2. The second-order valence-electron chi connectivity index (χ2n) is 5.35. The molecule has 0 bridgehead atoms. The fourth-order valence-electron chi connectivity index (χ4n) is 2.45. The quantitative estimate of drug-likeness (QED) is 0.402. The first-order valence-electron chi connectivity index (χ1n) is 7.60. The van der Waals surface area contributed by atoms with Gasteiger partial charge in [-0.1, -0.05) is 6.07 Å². The van der Waals surface area contributed by atoms with Crippen molar-refractivity contribution in [2.45, 2.75) is 6.42 Å². The lowest BCUT2D eigenvalue weighted by Crippen LogP contribution is -2.08. The van der Waals surface area contributed by atoms with E-state index in [2.05, 4.69) is 25.0 Å². The van der Waals surface area contributed by atoms with Crippen molar-refractivity contribution in [2.75, 3.05) is 0 Å². The molecule has 0 aliphatic carbocycles. The Balaban J connectivity index is 1.69. The summed E-state index contributed by atoms with van der Waals surface area (Å²) in [7, 11) is 0. The van der Waals surface area contributed by atoms with Crippen LogP contribution in [0.5, 0.6) is 11.5 Å². The predicted molar refractivity (Wildman–Crippen MR) is 87.3 cm³/mol. The van der Waals surface area contributed by atoms with Crippen LogP contribution in [0.3, 0.4) is 0 Å². The lowest BCUT2D eigenvalue weighted by atomic mass is 10.1. The number of nitrogens with zero attached hydrogens (tertiary/aromatic N) is 6. The van der Waals surface area contributed by atoms with Gasteiger partial charge in [-0.15, -0.1) is 0 Å². The van der Waals surface area contributed by atoms with Crippen LogP contribution in [-0.4, -0.2) is 35.3 Å². The minimum absolute atomic E-state index is 0.0712. The first-order chi connectivity index (χ1) is 12.7. The largest absolute Gasteiger partial charge is 0.452 e. The number of ketones is 1. The smallest absolute Gasteiger partial charge is 0.213 e. The van der Waals surface area contributed by atoms with E-state index in [1.54, 1.807) is 18.3 Å². The molecule has 0 radical (unpaired) electrons. The van der Waals surface area contributed by atoms with Crippen LogP contribution in [0.1, 0.15) is 16.1 Å². The number of hydrogen-bond donors (Lipinski definition) is 0. The lowest BCUT2D eigenvalue weighted by Gasteiger charge is -2.08. The normalized spacial score (nSPS) is 10.8. The van der Waals surface area contributed by atoms with E-state index in [1.807, 2.05) is 0 Å². The number of carbonyl (C=O) groups excluding carboxylic acids is 1. The number of hydrogen-bond acceptors (Lipinski definition) is 7. The van der Waals surface area contributed by atoms with Crippen LogP contribution in [0.25, 0.3) is 5.65 Å². The number of rotatable bonds is 5. The number of carbonyl (C=O) groups is 1. The maximum absolute atomic E-state index is 13.2. The van der Waals surface area contributed by atoms with Crippen LogP contribution in [-0.2, 0) is 6.42 Å². The van der Waals surface area contributed by atoms with Crippen molar-refractivity contribution in [3.8, 4) is 11.5 Å². The van der Waals surface area contributed by atoms with Crippen LogP contribution in [0.4, 0.5) is 4.39 Å². The molecule has 4 aromatic rings. The third kappa shape index (κ3) is 3.22. The molecule has 0 fully saturated rings. The van der Waals surface area contributed by atoms with Gasteiger partial charge >= 0.3 is 0 Å². The van der Waals surface area contributed by atoms with Crippen molar-refractivity contribution in [3.05, 3.63) is 72.7 Å². The Bertz CT molecular complexity index is 1080. The Labute approximate surface area is 146 Å². The zero-order valence-electron chi connectivity index (χ0n) is 13.3. The molecule has 4 rings (SSSR count). The highest BCUT2D eigenvalue weighted by Gasteiger charge is 2.16. The molecule has 0 atom stereocenters. The zero-order chi connectivity index (χ0) is 17.9. The van der Waals surface area contributed by atoms with Gasteiger partial charge < -0.3 is 4.74 Å². The van der Waals surface area contributed by atoms with Crippen molar-refractivity contribution in [2.24, 2.45) is 0 Å². The summed E-state index contributed by atoms with van der Waals surface area (Å²) in [5, 5.41) is 4.05. The average molecular weight is 350 g/mol. The van der Waals surface area contributed by atoms with E-state index in [9.17, 15) is 9.18 Å². The molecule has 0 spiro atoms. The molecule has 9 heteroatoms. The fraction of sp³-hybridized carbons (Fsp3) is 0.0588. The van der Waals surface area contributed by atoms with Gasteiger partial charge in [0.05, 0.1) is 36.3 Å². The minimum Gasteiger partial charge on any atom is -0.452 e. The summed E-state index contributed by atoms with van der Waals surface area (Å²) < 4.78 is 20.4. The van der Waals surface area contributed by atoms with Gasteiger partial charge in [-0.25, -0.2) is 24.5 Å². The van der Waals surface area contributed by atoms with E-state index in [1.165, 1.54) is 41.7 Å². The summed E-state index contributed by atoms with van der Waals surface area (Å²) in [6.45, 7) is 0. The summed E-state index contributed by atoms with van der Waals surface area (Å²) in [5.74, 6) is -0.134. The van der Waals surface area contributed by atoms with Gasteiger partial charge in [0.2, 0.25) is 5.95 Å². The number of Topliss-reactive ketones (excluding diaryl/α,β-unsaturated/α-hetero) is 1. The van der Waals surface area contributed by atoms with Gasteiger partial charge in [0.15, 0.2) is 17.2 Å². The molecule has 4 aromatic heterocycles. The number of aromatic nitrogens is 6. The molecule has 0 unspecified atom stereocenters. The third-order valence-electron chi connectivity index (χ3n) is 3.54. The number of ether oxygens (including phenoxy) is 1. The number of pyridine rings is 2. The molecule has 0 aliphatic heterocycles. The van der Waals surface area contributed by atoms with Gasteiger partial charge in [0.1, 0.15) is 18.4 Å². The van der Waals surface area contributed by atoms with E-state index in [-0.39, 0.29) is 12.2 Å². The van der Waals surface area contributed by atoms with Gasteiger partial charge in [0, 0.05) is 0 Å². The molecule has 0 amide bonds. The first-order valence-corrected chi connectivity index (χ1v) is 7.60. The summed E-state index contributed by atoms with van der Waals surface area (Å²) in [6, 6.07) is 5.87. The Hall–Kier alpha value is -3.75. The first kappa shape index (κ1) is 15.8. The van der Waals surface area contributed by atoms with Crippen LogP contribution in [0.15, 0.2) is 55.5 Å². The van der Waals surface area contributed by atoms with E-state index in [0.29, 0.717) is 28.4 Å². The van der Waals surface area contributed by atoms with Crippen molar-refractivity contribution < 1.29 is 13.9 Å². The van der Waals surface area contributed by atoms with Gasteiger partial charge in [0.25, 0.3) is 0 Å². The Morgan fingerprint density at radius 2 is 2.00 bits per heavy atom. The summed E-state index contributed by atoms with van der Waals surface area (Å²) in [4.78, 5) is 28.3. The molecule has 0 N–H and O–H groups in total. The highest BCUT2D eigenvalue weighted by molar-refractivity contribution is 6.02. The van der Waals surface area contributed by atoms with Crippen LogP contribution in [0.2, 0.25) is 0 Å². The van der Waals surface area contributed by atoms with Crippen LogP contribution < -0.4 is 4.74 Å².